The number of carbonyl (C=O) groups is 2. The zero-order valence-electron chi connectivity index (χ0n) is 12.8. The molecule has 3 N–H and O–H groups in total. The summed E-state index contributed by atoms with van der Waals surface area (Å²) in [5, 5.41) is 10.2. The molecule has 0 unspecified atom stereocenters. The van der Waals surface area contributed by atoms with E-state index in [-0.39, 0.29) is 17.9 Å². The lowest BCUT2D eigenvalue weighted by Gasteiger charge is -2.23. The minimum absolute atomic E-state index is 0.0678. The fourth-order valence-corrected chi connectivity index (χ4v) is 4.07. The summed E-state index contributed by atoms with van der Waals surface area (Å²) < 4.78 is 31.1. The predicted octanol–water partition coefficient (Wildman–Crippen LogP) is -0.119. The molecule has 1 aromatic rings. The van der Waals surface area contributed by atoms with E-state index in [2.05, 4.69) is 0 Å². The second-order valence-corrected chi connectivity index (χ2v) is 7.74. The largest absolute Gasteiger partial charge is 0.451 e. The van der Waals surface area contributed by atoms with Crippen LogP contribution in [0.5, 0.6) is 0 Å². The van der Waals surface area contributed by atoms with Gasteiger partial charge in [-0.15, -0.1) is 0 Å². The highest BCUT2D eigenvalue weighted by Gasteiger charge is 2.44. The first-order valence-corrected chi connectivity index (χ1v) is 8.90. The van der Waals surface area contributed by atoms with Crippen LogP contribution in [0.3, 0.4) is 0 Å². The van der Waals surface area contributed by atoms with Crippen LogP contribution in [0.1, 0.15) is 13.3 Å². The molecule has 0 bridgehead atoms. The summed E-state index contributed by atoms with van der Waals surface area (Å²) in [7, 11) is -4.04. The minimum atomic E-state index is -4.04. The van der Waals surface area contributed by atoms with Crippen molar-refractivity contribution < 1.29 is 27.9 Å². The van der Waals surface area contributed by atoms with E-state index in [0.717, 1.165) is 4.31 Å². The Kier molecular flexibility index (Phi) is 5.49. The number of nitrogens with zero attached hydrogens (tertiary/aromatic N) is 1. The Balaban J connectivity index is 2.27. The van der Waals surface area contributed by atoms with Crippen LogP contribution in [-0.4, -0.2) is 54.5 Å². The molecule has 24 heavy (non-hydrogen) atoms. The maximum absolute atomic E-state index is 12.7. The lowest BCUT2D eigenvalue weighted by Crippen LogP contribution is -2.43. The molecule has 1 fully saturated rings. The van der Waals surface area contributed by atoms with E-state index in [1.807, 2.05) is 0 Å². The molecular formula is C14H17ClN2O6S. The van der Waals surface area contributed by atoms with Crippen LogP contribution in [0.2, 0.25) is 5.02 Å². The number of halogens is 1. The number of amides is 1. The monoisotopic (exact) mass is 376 g/mol. The number of esters is 1. The zero-order chi connectivity index (χ0) is 18.1. The predicted molar refractivity (Wildman–Crippen MR) is 84.5 cm³/mol. The minimum Gasteiger partial charge on any atom is -0.451 e. The third kappa shape index (κ3) is 3.86. The van der Waals surface area contributed by atoms with E-state index in [1.54, 1.807) is 0 Å². The van der Waals surface area contributed by atoms with Crippen molar-refractivity contribution >= 4 is 33.5 Å². The number of β-amino-alcohol motifs (C(OH)–C–C–N with tert-alkyl or cyclic N) is 1. The molecule has 1 aliphatic heterocycles. The van der Waals surface area contributed by atoms with Crippen LogP contribution in [0, 0.1) is 0 Å². The highest BCUT2D eigenvalue weighted by molar-refractivity contribution is 7.89. The summed E-state index contributed by atoms with van der Waals surface area (Å²) >= 11 is 5.74. The van der Waals surface area contributed by atoms with Gasteiger partial charge in [0.05, 0.1) is 11.0 Å². The number of rotatable bonds is 5. The smallest absolute Gasteiger partial charge is 0.325 e. The van der Waals surface area contributed by atoms with Gasteiger partial charge in [0.2, 0.25) is 10.0 Å². The summed E-state index contributed by atoms with van der Waals surface area (Å²) in [6.07, 6.45) is -2.35. The van der Waals surface area contributed by atoms with Gasteiger partial charge in [-0.05, 0) is 31.2 Å². The number of hydrogen-bond acceptors (Lipinski definition) is 6. The van der Waals surface area contributed by atoms with Crippen LogP contribution in [0.25, 0.3) is 0 Å². The van der Waals surface area contributed by atoms with E-state index in [0.29, 0.717) is 5.02 Å². The Morgan fingerprint density at radius 2 is 1.96 bits per heavy atom. The molecule has 3 atom stereocenters. The summed E-state index contributed by atoms with van der Waals surface area (Å²) in [5.74, 6) is -1.79. The molecule has 1 heterocycles. The topological polar surface area (TPSA) is 127 Å². The van der Waals surface area contributed by atoms with Crippen LogP contribution < -0.4 is 5.73 Å². The highest BCUT2D eigenvalue weighted by Crippen LogP contribution is 2.28. The molecule has 0 spiro atoms. The summed E-state index contributed by atoms with van der Waals surface area (Å²) in [5.41, 5.74) is 5.03. The van der Waals surface area contributed by atoms with E-state index < -0.39 is 40.1 Å². The maximum Gasteiger partial charge on any atom is 0.325 e. The molecule has 132 valence electrons. The Bertz CT molecular complexity index is 736. The third-order valence-electron chi connectivity index (χ3n) is 3.62. The lowest BCUT2D eigenvalue weighted by atomic mass is 10.2. The Morgan fingerprint density at radius 1 is 1.38 bits per heavy atom. The van der Waals surface area contributed by atoms with Crippen LogP contribution in [-0.2, 0) is 24.3 Å². The van der Waals surface area contributed by atoms with E-state index in [1.165, 1.54) is 31.2 Å². The fourth-order valence-electron chi connectivity index (χ4n) is 2.32. The molecule has 0 aliphatic carbocycles. The van der Waals surface area contributed by atoms with Crippen LogP contribution in [0.4, 0.5) is 0 Å². The molecule has 10 heteroatoms. The van der Waals surface area contributed by atoms with Gasteiger partial charge in [-0.25, -0.2) is 8.42 Å². The van der Waals surface area contributed by atoms with Gasteiger partial charge in [-0.3, -0.25) is 9.59 Å². The third-order valence-corrected chi connectivity index (χ3v) is 5.76. The van der Waals surface area contributed by atoms with E-state index in [9.17, 15) is 23.1 Å². The summed E-state index contributed by atoms with van der Waals surface area (Å²) in [6, 6.07) is 4.18. The number of hydrogen-bond donors (Lipinski definition) is 2. The quantitative estimate of drug-likeness (QED) is 0.690. The normalized spacial score (nSPS) is 23.0. The van der Waals surface area contributed by atoms with Crippen molar-refractivity contribution in [1.82, 2.24) is 4.31 Å². The summed E-state index contributed by atoms with van der Waals surface area (Å²) in [4.78, 5) is 23.1. The van der Waals surface area contributed by atoms with Crippen molar-refractivity contribution in [2.75, 3.05) is 6.54 Å². The van der Waals surface area contributed by atoms with Gasteiger partial charge in [-0.2, -0.15) is 4.31 Å². The van der Waals surface area contributed by atoms with Gasteiger partial charge in [0, 0.05) is 18.0 Å². The van der Waals surface area contributed by atoms with Gasteiger partial charge in [-0.1, -0.05) is 11.6 Å². The molecule has 1 aromatic carbocycles. The number of sulfonamides is 1. The average Bonchev–Trinajstić information content (AvgIpc) is 2.90. The first-order chi connectivity index (χ1) is 11.1. The Morgan fingerprint density at radius 3 is 2.50 bits per heavy atom. The number of aliphatic hydroxyl groups excluding tert-OH is 1. The van der Waals surface area contributed by atoms with Crippen LogP contribution >= 0.6 is 11.6 Å². The fraction of sp³-hybridized carbons (Fsp3) is 0.429. The van der Waals surface area contributed by atoms with E-state index in [4.69, 9.17) is 22.1 Å². The zero-order valence-corrected chi connectivity index (χ0v) is 14.3. The first kappa shape index (κ1) is 18.7. The Labute approximate surface area is 144 Å². The number of nitrogens with two attached hydrogens (primary N) is 1. The standard InChI is InChI=1S/C14H17ClN2O6S/c1-8(13(16)19)23-14(20)12-6-10(18)7-17(12)24(21,22)11-4-2-9(15)3-5-11/h2-5,8,10,12,18H,6-7H2,1H3,(H2,16,19)/t8-,10-,12-/m0/s1. The number of ether oxygens (including phenoxy) is 1. The second kappa shape index (κ2) is 7.06. The molecule has 1 amide bonds. The van der Waals surface area contributed by atoms with Crippen LogP contribution in [0.15, 0.2) is 29.2 Å². The van der Waals surface area contributed by atoms with Crippen molar-refractivity contribution in [3.63, 3.8) is 0 Å². The first-order valence-electron chi connectivity index (χ1n) is 7.08. The van der Waals surface area contributed by atoms with Crippen molar-refractivity contribution in [1.29, 1.82) is 0 Å². The average molecular weight is 377 g/mol. The highest BCUT2D eigenvalue weighted by atomic mass is 35.5. The number of carbonyl (C=O) groups excluding carboxylic acids is 2. The second-order valence-electron chi connectivity index (χ2n) is 5.42. The van der Waals surface area contributed by atoms with Crippen molar-refractivity contribution in [2.45, 2.75) is 36.5 Å². The van der Waals surface area contributed by atoms with Gasteiger partial charge >= 0.3 is 5.97 Å². The van der Waals surface area contributed by atoms with Crippen molar-refractivity contribution in [2.24, 2.45) is 5.73 Å². The number of primary amides is 1. The molecule has 2 rings (SSSR count). The number of benzene rings is 1. The molecule has 0 saturated carbocycles. The van der Waals surface area contributed by atoms with Gasteiger partial charge in [0.25, 0.3) is 5.91 Å². The SMILES string of the molecule is C[C@H](OC(=O)[C@@H]1C[C@H](O)CN1S(=O)(=O)c1ccc(Cl)cc1)C(N)=O. The molecular weight excluding hydrogens is 360 g/mol. The van der Waals surface area contributed by atoms with Crippen molar-refractivity contribution in [3.8, 4) is 0 Å². The van der Waals surface area contributed by atoms with Crippen molar-refractivity contribution in [3.05, 3.63) is 29.3 Å². The van der Waals surface area contributed by atoms with Gasteiger partial charge < -0.3 is 15.6 Å². The van der Waals surface area contributed by atoms with Gasteiger partial charge in [0.1, 0.15) is 6.04 Å². The lowest BCUT2D eigenvalue weighted by molar-refractivity contribution is -0.157. The number of aliphatic hydroxyl groups is 1. The maximum atomic E-state index is 12.7. The van der Waals surface area contributed by atoms with E-state index >= 15 is 0 Å². The Hall–Kier alpha value is -1.68. The van der Waals surface area contributed by atoms with Gasteiger partial charge in [0.15, 0.2) is 6.10 Å². The molecule has 1 saturated heterocycles. The molecule has 0 aromatic heterocycles. The molecule has 8 nitrogen and oxygen atoms in total. The molecule has 1 aliphatic rings. The molecule has 0 radical (unpaired) electrons. The summed E-state index contributed by atoms with van der Waals surface area (Å²) in [6.45, 7) is 1.03.